The van der Waals surface area contributed by atoms with Crippen molar-refractivity contribution in [3.8, 4) is 5.69 Å². The minimum atomic E-state index is -1.05. The van der Waals surface area contributed by atoms with E-state index >= 15 is 0 Å². The van der Waals surface area contributed by atoms with Crippen LogP contribution in [0, 0.1) is 4.64 Å². The van der Waals surface area contributed by atoms with Crippen LogP contribution >= 0.6 is 12.2 Å². The van der Waals surface area contributed by atoms with Gasteiger partial charge in [-0.1, -0.05) is 18.3 Å². The Bertz CT molecular complexity index is 1110. The highest BCUT2D eigenvalue weighted by atomic mass is 32.1. The summed E-state index contributed by atoms with van der Waals surface area (Å²) in [7, 11) is 0. The maximum atomic E-state index is 12.5. The molecule has 1 aromatic heterocycles. The van der Waals surface area contributed by atoms with Gasteiger partial charge in [0, 0.05) is 35.1 Å². The molecule has 30 heavy (non-hydrogen) atoms. The fourth-order valence-electron chi connectivity index (χ4n) is 3.01. The molecule has 0 saturated carbocycles. The van der Waals surface area contributed by atoms with Gasteiger partial charge in [0.15, 0.2) is 5.78 Å². The Labute approximate surface area is 179 Å². The Balaban J connectivity index is 1.82. The Morgan fingerprint density at radius 3 is 2.33 bits per heavy atom. The van der Waals surface area contributed by atoms with Crippen molar-refractivity contribution in [1.29, 1.82) is 0 Å². The van der Waals surface area contributed by atoms with E-state index in [4.69, 9.17) is 22.7 Å². The number of aromatic nitrogens is 1. The van der Waals surface area contributed by atoms with Crippen molar-refractivity contribution in [2.45, 2.75) is 19.4 Å². The summed E-state index contributed by atoms with van der Waals surface area (Å²) in [5.41, 5.74) is 8.34. The molecular formula is C23H22N2O4S. The highest BCUT2D eigenvalue weighted by molar-refractivity contribution is 7.71. The van der Waals surface area contributed by atoms with Crippen LogP contribution in [0.2, 0.25) is 0 Å². The number of benzene rings is 2. The number of ketones is 1. The number of Topliss-reactive ketones (excluding diaryl/α,β-unsaturated/α-hetero) is 1. The Kier molecular flexibility index (Phi) is 6.76. The van der Waals surface area contributed by atoms with Gasteiger partial charge in [-0.05, 0) is 61.5 Å². The van der Waals surface area contributed by atoms with E-state index < -0.39 is 12.1 Å². The van der Waals surface area contributed by atoms with E-state index in [-0.39, 0.29) is 12.2 Å². The van der Waals surface area contributed by atoms with Gasteiger partial charge in [0.05, 0.1) is 18.3 Å². The van der Waals surface area contributed by atoms with Crippen molar-refractivity contribution in [2.75, 3.05) is 12.3 Å². The molecule has 0 amide bonds. The van der Waals surface area contributed by atoms with Crippen molar-refractivity contribution < 1.29 is 19.4 Å². The molecule has 0 saturated heterocycles. The van der Waals surface area contributed by atoms with Gasteiger partial charge in [0.1, 0.15) is 4.64 Å². The van der Waals surface area contributed by atoms with E-state index in [1.807, 2.05) is 0 Å². The molecular weight excluding hydrogens is 400 g/mol. The van der Waals surface area contributed by atoms with Gasteiger partial charge in [0.2, 0.25) is 0 Å². The number of ether oxygens (including phenoxy) is 1. The Hall–Kier alpha value is -3.29. The summed E-state index contributed by atoms with van der Waals surface area (Å²) < 4.78 is 7.10. The Morgan fingerprint density at radius 1 is 1.07 bits per heavy atom. The van der Waals surface area contributed by atoms with Crippen molar-refractivity contribution in [2.24, 2.45) is 0 Å². The first kappa shape index (κ1) is 21.4. The van der Waals surface area contributed by atoms with Crippen molar-refractivity contribution >= 4 is 29.7 Å². The topological polar surface area (TPSA) is 94.5 Å². The zero-order valence-electron chi connectivity index (χ0n) is 16.4. The van der Waals surface area contributed by atoms with Gasteiger partial charge in [-0.15, -0.1) is 0 Å². The molecule has 0 aliphatic rings. The van der Waals surface area contributed by atoms with Crippen LogP contribution in [0.5, 0.6) is 0 Å². The Morgan fingerprint density at radius 2 is 1.70 bits per heavy atom. The maximum Gasteiger partial charge on any atom is 0.338 e. The number of nitrogen functional groups attached to an aromatic ring is 1. The normalized spacial score (nSPS) is 11.7. The SMILES string of the molecule is CCOC(=O)c1ccc(-n2cccc(C(O)CC(=O)c3ccc(N)cc3)c2=S)cc1. The zero-order valence-corrected chi connectivity index (χ0v) is 17.3. The van der Waals surface area contributed by atoms with Crippen LogP contribution in [-0.2, 0) is 4.74 Å². The standard InChI is InChI=1S/C23H22N2O4S/c1-2-29-23(28)16-7-11-18(12-8-16)25-13-3-4-19(22(25)30)21(27)14-20(26)15-5-9-17(24)10-6-15/h3-13,21,27H,2,14,24H2,1H3. The van der Waals surface area contributed by atoms with Gasteiger partial charge < -0.3 is 20.1 Å². The van der Waals surface area contributed by atoms with Crippen molar-refractivity contribution in [1.82, 2.24) is 4.57 Å². The number of hydrogen-bond acceptors (Lipinski definition) is 6. The third kappa shape index (κ3) is 4.82. The summed E-state index contributed by atoms with van der Waals surface area (Å²) in [6.07, 6.45) is 0.618. The predicted octanol–water partition coefficient (Wildman–Crippen LogP) is 4.27. The second-order valence-corrected chi connectivity index (χ2v) is 7.06. The highest BCUT2D eigenvalue weighted by Crippen LogP contribution is 2.23. The number of carbonyl (C=O) groups excluding carboxylic acids is 2. The van der Waals surface area contributed by atoms with Crippen LogP contribution in [0.3, 0.4) is 0 Å². The molecule has 3 N–H and O–H groups in total. The van der Waals surface area contributed by atoms with Crippen LogP contribution in [-0.4, -0.2) is 28.0 Å². The molecule has 1 unspecified atom stereocenters. The summed E-state index contributed by atoms with van der Waals surface area (Å²) in [5, 5.41) is 10.6. The number of aliphatic hydroxyl groups is 1. The molecule has 154 valence electrons. The third-order valence-corrected chi connectivity index (χ3v) is 5.04. The molecule has 3 aromatic rings. The number of esters is 1. The summed E-state index contributed by atoms with van der Waals surface area (Å²) in [4.78, 5) is 24.3. The first-order valence-electron chi connectivity index (χ1n) is 9.46. The lowest BCUT2D eigenvalue weighted by atomic mass is 10.0. The highest BCUT2D eigenvalue weighted by Gasteiger charge is 2.17. The molecule has 0 fully saturated rings. The number of rotatable bonds is 7. The van der Waals surface area contributed by atoms with Crippen LogP contribution in [0.1, 0.15) is 45.7 Å². The van der Waals surface area contributed by atoms with Crippen LogP contribution < -0.4 is 5.73 Å². The monoisotopic (exact) mass is 422 g/mol. The van der Waals surface area contributed by atoms with Gasteiger partial charge in [-0.2, -0.15) is 0 Å². The lowest BCUT2D eigenvalue weighted by molar-refractivity contribution is 0.0526. The van der Waals surface area contributed by atoms with Gasteiger partial charge in [0.25, 0.3) is 0 Å². The van der Waals surface area contributed by atoms with Gasteiger partial charge in [-0.25, -0.2) is 4.79 Å². The largest absolute Gasteiger partial charge is 0.462 e. The predicted molar refractivity (Wildman–Crippen MR) is 117 cm³/mol. The molecule has 7 heteroatoms. The van der Waals surface area contributed by atoms with Crippen molar-refractivity contribution in [3.63, 3.8) is 0 Å². The fourth-order valence-corrected chi connectivity index (χ4v) is 3.38. The van der Waals surface area contributed by atoms with E-state index in [0.29, 0.717) is 33.6 Å². The minimum Gasteiger partial charge on any atom is -0.462 e. The number of aliphatic hydroxyl groups excluding tert-OH is 1. The van der Waals surface area contributed by atoms with Crippen LogP contribution in [0.4, 0.5) is 5.69 Å². The van der Waals surface area contributed by atoms with E-state index in [9.17, 15) is 14.7 Å². The second-order valence-electron chi connectivity index (χ2n) is 6.67. The summed E-state index contributed by atoms with van der Waals surface area (Å²) >= 11 is 5.55. The average Bonchev–Trinajstić information content (AvgIpc) is 2.74. The molecule has 0 aliphatic carbocycles. The molecule has 1 atom stereocenters. The van der Waals surface area contributed by atoms with E-state index in [1.165, 1.54) is 0 Å². The second kappa shape index (κ2) is 9.47. The lowest BCUT2D eigenvalue weighted by Gasteiger charge is -2.15. The fraction of sp³-hybridized carbons (Fsp3) is 0.174. The van der Waals surface area contributed by atoms with Gasteiger partial charge >= 0.3 is 5.97 Å². The maximum absolute atomic E-state index is 12.5. The molecule has 0 aliphatic heterocycles. The number of anilines is 1. The number of carbonyl (C=O) groups is 2. The minimum absolute atomic E-state index is 0.0978. The van der Waals surface area contributed by atoms with Crippen LogP contribution in [0.15, 0.2) is 66.9 Å². The van der Waals surface area contributed by atoms with Gasteiger partial charge in [-0.3, -0.25) is 4.79 Å². The van der Waals surface area contributed by atoms with Crippen molar-refractivity contribution in [3.05, 3.63) is 88.2 Å². The first-order valence-corrected chi connectivity index (χ1v) is 9.87. The number of nitrogens with zero attached hydrogens (tertiary/aromatic N) is 1. The molecule has 0 radical (unpaired) electrons. The summed E-state index contributed by atoms with van der Waals surface area (Å²) in [6.45, 7) is 2.06. The number of pyridine rings is 1. The third-order valence-electron chi connectivity index (χ3n) is 4.60. The molecule has 3 rings (SSSR count). The smallest absolute Gasteiger partial charge is 0.338 e. The van der Waals surface area contributed by atoms with E-state index in [1.54, 1.807) is 78.4 Å². The molecule has 6 nitrogen and oxygen atoms in total. The summed E-state index contributed by atoms with van der Waals surface area (Å²) in [6, 6.07) is 16.8. The lowest BCUT2D eigenvalue weighted by Crippen LogP contribution is -2.10. The number of nitrogens with two attached hydrogens (primary N) is 1. The molecule has 0 bridgehead atoms. The first-order chi connectivity index (χ1) is 14.4. The van der Waals surface area contributed by atoms with E-state index in [2.05, 4.69) is 0 Å². The van der Waals surface area contributed by atoms with E-state index in [0.717, 1.165) is 5.69 Å². The molecule has 1 heterocycles. The quantitative estimate of drug-likeness (QED) is 0.256. The summed E-state index contributed by atoms with van der Waals surface area (Å²) in [5.74, 6) is -0.593. The number of hydrogen-bond donors (Lipinski definition) is 2. The molecule has 0 spiro atoms. The average molecular weight is 423 g/mol. The molecule has 2 aromatic carbocycles. The van der Waals surface area contributed by atoms with Crippen LogP contribution in [0.25, 0.3) is 5.69 Å². The zero-order chi connectivity index (χ0) is 21.7.